The van der Waals surface area contributed by atoms with E-state index in [0.29, 0.717) is 21.9 Å². The maximum Gasteiger partial charge on any atom is 0.573 e. The van der Waals surface area contributed by atoms with Crippen LogP contribution in [0, 0.1) is 0 Å². The second kappa shape index (κ2) is 5.75. The molecule has 2 heterocycles. The zero-order valence-corrected chi connectivity index (χ0v) is 12.4. The van der Waals surface area contributed by atoms with Crippen LogP contribution in [0.25, 0.3) is 16.8 Å². The maximum atomic E-state index is 12.2. The lowest BCUT2D eigenvalue weighted by molar-refractivity contribution is -0.274. The molecule has 0 unspecified atom stereocenters. The van der Waals surface area contributed by atoms with Crippen LogP contribution in [0.4, 0.5) is 13.2 Å². The Balaban J connectivity index is 2.06. The van der Waals surface area contributed by atoms with E-state index in [-0.39, 0.29) is 12.3 Å². The Labute approximate surface area is 134 Å². The van der Waals surface area contributed by atoms with Crippen LogP contribution >= 0.6 is 11.6 Å². The predicted octanol–water partition coefficient (Wildman–Crippen LogP) is 4.01. The molecule has 1 aromatic carbocycles. The normalized spacial score (nSPS) is 11.9. The van der Waals surface area contributed by atoms with Crippen LogP contribution in [-0.4, -0.2) is 15.7 Å². The molecule has 0 aliphatic carbocycles. The van der Waals surface area contributed by atoms with Crippen molar-refractivity contribution in [1.29, 1.82) is 0 Å². The van der Waals surface area contributed by atoms with E-state index >= 15 is 0 Å². The summed E-state index contributed by atoms with van der Waals surface area (Å²) in [6.07, 6.45) is -1.43. The highest BCUT2D eigenvalue weighted by molar-refractivity contribution is 6.30. The zero-order valence-electron chi connectivity index (χ0n) is 11.6. The maximum absolute atomic E-state index is 12.2. The topological polar surface area (TPSA) is 52.5 Å². The van der Waals surface area contributed by atoms with Crippen molar-refractivity contribution in [2.45, 2.75) is 12.9 Å². The minimum atomic E-state index is -4.72. The molecule has 8 heteroatoms. The molecule has 0 amide bonds. The van der Waals surface area contributed by atoms with Crippen LogP contribution in [0.3, 0.4) is 0 Å². The van der Waals surface area contributed by atoms with Gasteiger partial charge in [-0.25, -0.2) is 4.98 Å². The average Bonchev–Trinajstić information content (AvgIpc) is 2.97. The van der Waals surface area contributed by atoms with Crippen molar-refractivity contribution >= 4 is 17.2 Å². The van der Waals surface area contributed by atoms with Crippen LogP contribution in [0.2, 0.25) is 5.15 Å². The molecule has 0 saturated carbocycles. The van der Waals surface area contributed by atoms with Gasteiger partial charge in [-0.15, -0.1) is 13.2 Å². The van der Waals surface area contributed by atoms with Gasteiger partial charge >= 0.3 is 6.36 Å². The molecule has 0 fully saturated rings. The number of aromatic nitrogens is 2. The number of nitrogens with zero attached hydrogens (tertiary/aromatic N) is 2. The number of imidazole rings is 1. The molecule has 2 aromatic heterocycles. The molecule has 0 radical (unpaired) electrons. The number of ether oxygens (including phenoxy) is 1. The third kappa shape index (κ3) is 3.11. The van der Waals surface area contributed by atoms with E-state index in [9.17, 15) is 13.2 Å². The van der Waals surface area contributed by atoms with Crippen molar-refractivity contribution in [3.05, 3.63) is 53.4 Å². The minimum Gasteiger partial charge on any atom is -0.406 e. The summed E-state index contributed by atoms with van der Waals surface area (Å²) in [6, 6.07) is 7.33. The van der Waals surface area contributed by atoms with Gasteiger partial charge in [0.15, 0.2) is 0 Å². The Morgan fingerprint density at radius 2 is 1.91 bits per heavy atom. The van der Waals surface area contributed by atoms with Crippen molar-refractivity contribution in [2.75, 3.05) is 0 Å². The van der Waals surface area contributed by atoms with Gasteiger partial charge in [-0.3, -0.25) is 4.40 Å². The summed E-state index contributed by atoms with van der Waals surface area (Å²) in [5.41, 5.74) is 8.40. The van der Waals surface area contributed by atoms with Crippen molar-refractivity contribution in [1.82, 2.24) is 9.38 Å². The van der Waals surface area contributed by atoms with Crippen molar-refractivity contribution in [3.8, 4) is 16.9 Å². The molecule has 0 aliphatic rings. The van der Waals surface area contributed by atoms with E-state index in [1.54, 1.807) is 22.9 Å². The summed E-state index contributed by atoms with van der Waals surface area (Å²) in [6.45, 7) is 0.231. The van der Waals surface area contributed by atoms with Crippen molar-refractivity contribution < 1.29 is 17.9 Å². The van der Waals surface area contributed by atoms with Gasteiger partial charge in [0.1, 0.15) is 16.5 Å². The number of alkyl halides is 3. The number of pyridine rings is 1. The van der Waals surface area contributed by atoms with Crippen LogP contribution in [0.15, 0.2) is 42.7 Å². The second-order valence-corrected chi connectivity index (χ2v) is 5.13. The third-order valence-electron chi connectivity index (χ3n) is 3.30. The Hall–Kier alpha value is -2.25. The molecule has 0 saturated heterocycles. The quantitative estimate of drug-likeness (QED) is 0.732. The Bertz CT molecular complexity index is 844. The van der Waals surface area contributed by atoms with E-state index < -0.39 is 6.36 Å². The molecular weight excluding hydrogens is 331 g/mol. The molecule has 0 atom stereocenters. The summed E-state index contributed by atoms with van der Waals surface area (Å²) >= 11 is 6.24. The molecule has 4 nitrogen and oxygen atoms in total. The van der Waals surface area contributed by atoms with Crippen LogP contribution in [0.1, 0.15) is 5.56 Å². The second-order valence-electron chi connectivity index (χ2n) is 4.77. The number of rotatable bonds is 3. The minimum absolute atomic E-state index is 0.231. The van der Waals surface area contributed by atoms with Gasteiger partial charge < -0.3 is 10.5 Å². The monoisotopic (exact) mass is 341 g/mol. The molecule has 0 aliphatic heterocycles. The Morgan fingerprint density at radius 3 is 2.52 bits per heavy atom. The number of hydrogen-bond donors (Lipinski definition) is 1. The summed E-state index contributed by atoms with van der Waals surface area (Å²) in [5.74, 6) is -0.284. The lowest BCUT2D eigenvalue weighted by atomic mass is 10.0. The molecule has 0 spiro atoms. The summed E-state index contributed by atoms with van der Waals surface area (Å²) < 4.78 is 42.2. The van der Waals surface area contributed by atoms with E-state index in [1.165, 1.54) is 24.3 Å². The molecule has 3 aromatic rings. The molecule has 23 heavy (non-hydrogen) atoms. The van der Waals surface area contributed by atoms with Gasteiger partial charge in [0.25, 0.3) is 0 Å². The van der Waals surface area contributed by atoms with Crippen molar-refractivity contribution in [2.24, 2.45) is 5.73 Å². The highest BCUT2D eigenvalue weighted by Crippen LogP contribution is 2.31. The van der Waals surface area contributed by atoms with Gasteiger partial charge in [-0.05, 0) is 23.8 Å². The number of benzene rings is 1. The van der Waals surface area contributed by atoms with E-state index in [4.69, 9.17) is 17.3 Å². The van der Waals surface area contributed by atoms with E-state index in [2.05, 4.69) is 9.72 Å². The fourth-order valence-corrected chi connectivity index (χ4v) is 2.57. The smallest absolute Gasteiger partial charge is 0.406 e. The van der Waals surface area contributed by atoms with Crippen LogP contribution < -0.4 is 10.5 Å². The van der Waals surface area contributed by atoms with Crippen LogP contribution in [-0.2, 0) is 6.54 Å². The molecule has 0 bridgehead atoms. The first-order valence-corrected chi connectivity index (χ1v) is 6.97. The van der Waals surface area contributed by atoms with Gasteiger partial charge in [-0.1, -0.05) is 23.7 Å². The van der Waals surface area contributed by atoms with Crippen LogP contribution in [0.5, 0.6) is 5.75 Å². The number of halogens is 4. The first-order chi connectivity index (χ1) is 10.9. The summed E-state index contributed by atoms with van der Waals surface area (Å²) in [7, 11) is 0. The lowest BCUT2D eigenvalue weighted by Gasteiger charge is -2.12. The predicted molar refractivity (Wildman–Crippen MR) is 80.2 cm³/mol. The molecule has 2 N–H and O–H groups in total. The number of fused-ring (bicyclic) bond motifs is 1. The summed E-state index contributed by atoms with van der Waals surface area (Å²) in [4.78, 5) is 4.24. The van der Waals surface area contributed by atoms with E-state index in [0.717, 1.165) is 5.56 Å². The average molecular weight is 342 g/mol. The lowest BCUT2D eigenvalue weighted by Crippen LogP contribution is -2.16. The van der Waals surface area contributed by atoms with Gasteiger partial charge in [0, 0.05) is 30.1 Å². The highest BCUT2D eigenvalue weighted by atomic mass is 35.5. The summed E-state index contributed by atoms with van der Waals surface area (Å²) in [5, 5.41) is 0.459. The van der Waals surface area contributed by atoms with Gasteiger partial charge in [-0.2, -0.15) is 0 Å². The fraction of sp³-hybridized carbons (Fsp3) is 0.133. The molecular formula is C15H11ClF3N3O. The zero-order chi connectivity index (χ0) is 16.6. The molecule has 3 rings (SSSR count). The van der Waals surface area contributed by atoms with Crippen molar-refractivity contribution in [3.63, 3.8) is 0 Å². The first-order valence-electron chi connectivity index (χ1n) is 6.60. The third-order valence-corrected chi connectivity index (χ3v) is 3.72. The SMILES string of the molecule is NCc1cc(-c2ccc(OC(F)(F)F)cc2)c2nccn2c1Cl. The highest BCUT2D eigenvalue weighted by Gasteiger charge is 2.31. The first kappa shape index (κ1) is 15.6. The van der Waals surface area contributed by atoms with Gasteiger partial charge in [0.2, 0.25) is 0 Å². The Morgan fingerprint density at radius 1 is 1.22 bits per heavy atom. The Kier molecular flexibility index (Phi) is 3.91. The van der Waals surface area contributed by atoms with E-state index in [1.807, 2.05) is 0 Å². The number of nitrogens with two attached hydrogens (primary N) is 1. The largest absolute Gasteiger partial charge is 0.573 e. The standard InChI is InChI=1S/C15H11ClF3N3O/c16-13-10(8-20)7-12(14-21-5-6-22(13)14)9-1-3-11(4-2-9)23-15(17,18)19/h1-7H,8,20H2. The fourth-order valence-electron chi connectivity index (χ4n) is 2.31. The number of hydrogen-bond acceptors (Lipinski definition) is 3. The molecule has 120 valence electrons. The van der Waals surface area contributed by atoms with Gasteiger partial charge in [0.05, 0.1) is 0 Å².